The maximum Gasteiger partial charge on any atom is 0.340 e. The van der Waals surface area contributed by atoms with E-state index in [1.807, 2.05) is 6.07 Å². The van der Waals surface area contributed by atoms with Crippen LogP contribution in [0.25, 0.3) is 0 Å². The molecule has 3 N–H and O–H groups in total. The zero-order chi connectivity index (χ0) is 26.1. The normalized spacial score (nSPS) is 9.94. The van der Waals surface area contributed by atoms with Gasteiger partial charge in [0, 0.05) is 26.0 Å². The number of nitrogens with zero attached hydrogens (tertiary/aromatic N) is 1. The van der Waals surface area contributed by atoms with Gasteiger partial charge in [0.15, 0.2) is 0 Å². The molecule has 2 aromatic rings. The molecular formula is C24H26N4O7. The highest BCUT2D eigenvalue weighted by Gasteiger charge is 2.22. The number of nitrogens with one attached hydrogen (secondary N) is 3. The molecule has 0 unspecified atom stereocenters. The Balaban J connectivity index is 2.61. The second kappa shape index (κ2) is 12.0. The van der Waals surface area contributed by atoms with Gasteiger partial charge in [-0.2, -0.15) is 5.26 Å². The minimum Gasteiger partial charge on any atom is -0.492 e. The molecule has 0 aliphatic heterocycles. The first kappa shape index (κ1) is 26.7. The van der Waals surface area contributed by atoms with Gasteiger partial charge in [-0.1, -0.05) is 0 Å². The molecule has 0 saturated carbocycles. The Bertz CT molecular complexity index is 1200. The van der Waals surface area contributed by atoms with Crippen LogP contribution in [-0.2, 0) is 14.3 Å². The van der Waals surface area contributed by atoms with Gasteiger partial charge in [-0.05, 0) is 26.0 Å². The molecule has 0 saturated heterocycles. The first-order valence-electron chi connectivity index (χ1n) is 10.6. The molecular weight excluding hydrogens is 456 g/mol. The number of benzene rings is 2. The van der Waals surface area contributed by atoms with E-state index in [0.29, 0.717) is 0 Å². The fourth-order valence-electron chi connectivity index (χ4n) is 3.14. The van der Waals surface area contributed by atoms with Crippen LogP contribution in [0.4, 0.5) is 17.1 Å². The maximum atomic E-state index is 13.2. The van der Waals surface area contributed by atoms with E-state index in [9.17, 15) is 24.4 Å². The van der Waals surface area contributed by atoms with Crippen molar-refractivity contribution in [2.24, 2.45) is 0 Å². The fourth-order valence-corrected chi connectivity index (χ4v) is 3.14. The first-order chi connectivity index (χ1) is 16.6. The van der Waals surface area contributed by atoms with Crippen LogP contribution in [0.2, 0.25) is 0 Å². The third-order valence-corrected chi connectivity index (χ3v) is 4.48. The number of carbonyl (C=O) groups is 4. The number of nitriles is 1. The van der Waals surface area contributed by atoms with Crippen LogP contribution in [0.1, 0.15) is 54.0 Å². The molecule has 0 radical (unpaired) electrons. The Hall–Kier alpha value is -4.59. The Kier molecular flexibility index (Phi) is 9.17. The number of hydrogen-bond acceptors (Lipinski definition) is 8. The predicted molar refractivity (Wildman–Crippen MR) is 128 cm³/mol. The third kappa shape index (κ3) is 6.70. The highest BCUT2D eigenvalue weighted by atomic mass is 16.5. The summed E-state index contributed by atoms with van der Waals surface area (Å²) in [7, 11) is 1.17. The molecule has 184 valence electrons. The Labute approximate surface area is 202 Å². The van der Waals surface area contributed by atoms with E-state index in [0.717, 1.165) is 0 Å². The average molecular weight is 482 g/mol. The number of ether oxygens (including phenoxy) is 3. The van der Waals surface area contributed by atoms with E-state index in [1.54, 1.807) is 13.8 Å². The molecule has 2 aromatic carbocycles. The summed E-state index contributed by atoms with van der Waals surface area (Å²) in [5.74, 6) is -1.87. The van der Waals surface area contributed by atoms with Gasteiger partial charge < -0.3 is 30.2 Å². The van der Waals surface area contributed by atoms with Crippen LogP contribution < -0.4 is 25.4 Å². The minimum atomic E-state index is -0.777. The van der Waals surface area contributed by atoms with E-state index in [2.05, 4.69) is 16.0 Å². The van der Waals surface area contributed by atoms with E-state index in [-0.39, 0.29) is 58.5 Å². The lowest BCUT2D eigenvalue weighted by Gasteiger charge is -2.17. The molecule has 0 aliphatic rings. The molecule has 11 heteroatoms. The monoisotopic (exact) mass is 482 g/mol. The number of hydrogen-bond donors (Lipinski definition) is 3. The minimum absolute atomic E-state index is 0.0143. The number of amides is 3. The molecule has 0 bridgehead atoms. The average Bonchev–Trinajstić information content (AvgIpc) is 2.80. The summed E-state index contributed by atoms with van der Waals surface area (Å²) < 4.78 is 15.8. The number of methoxy groups -OCH3 is 1. The zero-order valence-corrected chi connectivity index (χ0v) is 20.0. The highest BCUT2D eigenvalue weighted by Crippen LogP contribution is 2.34. The van der Waals surface area contributed by atoms with Crippen molar-refractivity contribution in [3.05, 3.63) is 41.0 Å². The molecule has 0 heterocycles. The van der Waals surface area contributed by atoms with Gasteiger partial charge in [-0.3, -0.25) is 14.4 Å². The molecule has 35 heavy (non-hydrogen) atoms. The summed E-state index contributed by atoms with van der Waals surface area (Å²) in [6.45, 7) is 6.57. The van der Waals surface area contributed by atoms with Gasteiger partial charge in [-0.15, -0.1) is 0 Å². The largest absolute Gasteiger partial charge is 0.492 e. The van der Waals surface area contributed by atoms with Crippen molar-refractivity contribution in [3.63, 3.8) is 0 Å². The quantitative estimate of drug-likeness (QED) is 0.460. The van der Waals surface area contributed by atoms with Gasteiger partial charge in [0.1, 0.15) is 17.6 Å². The predicted octanol–water partition coefficient (Wildman–Crippen LogP) is 3.31. The van der Waals surface area contributed by atoms with E-state index < -0.39 is 23.7 Å². The summed E-state index contributed by atoms with van der Waals surface area (Å²) >= 11 is 0. The van der Waals surface area contributed by atoms with Crippen molar-refractivity contribution >= 4 is 40.8 Å². The lowest BCUT2D eigenvalue weighted by molar-refractivity contribution is -0.115. The van der Waals surface area contributed by atoms with Crippen molar-refractivity contribution < 1.29 is 33.4 Å². The zero-order valence-electron chi connectivity index (χ0n) is 20.0. The smallest absolute Gasteiger partial charge is 0.340 e. The third-order valence-electron chi connectivity index (χ3n) is 4.48. The van der Waals surface area contributed by atoms with Crippen molar-refractivity contribution in [1.29, 1.82) is 5.26 Å². The topological polar surface area (TPSA) is 156 Å². The molecule has 0 spiro atoms. The number of rotatable bonds is 9. The number of carbonyl (C=O) groups excluding carboxylic acids is 4. The molecule has 3 amide bonds. The molecule has 11 nitrogen and oxygen atoms in total. The van der Waals surface area contributed by atoms with Crippen molar-refractivity contribution in [2.75, 3.05) is 36.3 Å². The summed E-state index contributed by atoms with van der Waals surface area (Å²) in [6, 6.07) is 7.28. The molecule has 0 aliphatic carbocycles. The summed E-state index contributed by atoms with van der Waals surface area (Å²) in [5.41, 5.74) is 0.300. The fraction of sp³-hybridized carbons (Fsp3) is 0.292. The van der Waals surface area contributed by atoms with Crippen molar-refractivity contribution in [3.8, 4) is 17.6 Å². The molecule has 0 atom stereocenters. The van der Waals surface area contributed by atoms with Crippen molar-refractivity contribution in [2.45, 2.75) is 27.7 Å². The standard InChI is InChI=1S/C24H26N4O7/c1-6-34-21-8-15(12-25)16(9-19(21)26-13(3)29)23(31)28-18-11-22(35-7-2)20(27-14(4)30)10-17(18)24(32)33-5/h8-11H,6-7H2,1-5H3,(H,26,29)(H,27,30)(H,28,31). The van der Waals surface area contributed by atoms with E-state index in [4.69, 9.17) is 14.2 Å². The lowest BCUT2D eigenvalue weighted by Crippen LogP contribution is -2.19. The highest BCUT2D eigenvalue weighted by molar-refractivity contribution is 6.11. The van der Waals surface area contributed by atoms with Crippen LogP contribution in [0, 0.1) is 11.3 Å². The van der Waals surface area contributed by atoms with E-state index in [1.165, 1.54) is 45.2 Å². The summed E-state index contributed by atoms with van der Waals surface area (Å²) in [6.07, 6.45) is 0. The van der Waals surface area contributed by atoms with Crippen molar-refractivity contribution in [1.82, 2.24) is 0 Å². The Morgan fingerprint density at radius 1 is 0.800 bits per heavy atom. The van der Waals surface area contributed by atoms with Crippen LogP contribution >= 0.6 is 0 Å². The van der Waals surface area contributed by atoms with Gasteiger partial charge in [0.2, 0.25) is 11.8 Å². The first-order valence-corrected chi connectivity index (χ1v) is 10.6. The maximum absolute atomic E-state index is 13.2. The van der Waals surface area contributed by atoms with Gasteiger partial charge in [-0.25, -0.2) is 4.79 Å². The van der Waals surface area contributed by atoms with Gasteiger partial charge in [0.05, 0.1) is 54.1 Å². The summed E-state index contributed by atoms with van der Waals surface area (Å²) in [5, 5.41) is 17.3. The van der Waals surface area contributed by atoms with Crippen LogP contribution in [0.3, 0.4) is 0 Å². The van der Waals surface area contributed by atoms with Gasteiger partial charge in [0.25, 0.3) is 5.91 Å². The van der Waals surface area contributed by atoms with E-state index >= 15 is 0 Å². The van der Waals surface area contributed by atoms with Crippen LogP contribution in [-0.4, -0.2) is 44.0 Å². The number of anilines is 3. The second-order valence-electron chi connectivity index (χ2n) is 7.07. The SMILES string of the molecule is CCOc1cc(C#N)c(C(=O)Nc2cc(OCC)c(NC(C)=O)cc2C(=O)OC)cc1NC(C)=O. The molecule has 2 rings (SSSR count). The Morgan fingerprint density at radius 2 is 1.31 bits per heavy atom. The van der Waals surface area contributed by atoms with Gasteiger partial charge >= 0.3 is 5.97 Å². The lowest BCUT2D eigenvalue weighted by atomic mass is 10.0. The molecule has 0 aromatic heterocycles. The van der Waals surface area contributed by atoms with Crippen LogP contribution in [0.5, 0.6) is 11.5 Å². The Morgan fingerprint density at radius 3 is 1.77 bits per heavy atom. The second-order valence-corrected chi connectivity index (χ2v) is 7.07. The molecule has 0 fully saturated rings. The van der Waals surface area contributed by atoms with Crippen LogP contribution in [0.15, 0.2) is 24.3 Å². The number of esters is 1. The summed E-state index contributed by atoms with van der Waals surface area (Å²) in [4.78, 5) is 48.9.